The zero-order valence-electron chi connectivity index (χ0n) is 12.3. The van der Waals surface area contributed by atoms with E-state index in [0.717, 1.165) is 29.5 Å². The SMILES string of the molecule is CN(CCCC(=O)c1ccccc1)Cc1cccc(Br)c1. The number of ketones is 1. The third-order valence-corrected chi connectivity index (χ3v) is 3.87. The van der Waals surface area contributed by atoms with Crippen molar-refractivity contribution in [2.24, 2.45) is 0 Å². The van der Waals surface area contributed by atoms with Gasteiger partial charge in [-0.15, -0.1) is 0 Å². The van der Waals surface area contributed by atoms with Gasteiger partial charge in [0.25, 0.3) is 0 Å². The topological polar surface area (TPSA) is 20.3 Å². The highest BCUT2D eigenvalue weighted by atomic mass is 79.9. The molecule has 110 valence electrons. The number of carbonyl (C=O) groups excluding carboxylic acids is 1. The van der Waals surface area contributed by atoms with E-state index in [1.807, 2.05) is 42.5 Å². The molecule has 2 aromatic rings. The van der Waals surface area contributed by atoms with Crippen LogP contribution in [0.2, 0.25) is 0 Å². The number of benzene rings is 2. The smallest absolute Gasteiger partial charge is 0.162 e. The van der Waals surface area contributed by atoms with Gasteiger partial charge in [-0.05, 0) is 37.7 Å². The molecular weight excluding hydrogens is 326 g/mol. The maximum atomic E-state index is 12.0. The normalized spacial score (nSPS) is 10.8. The molecule has 2 rings (SSSR count). The Bertz CT molecular complexity index is 583. The van der Waals surface area contributed by atoms with Crippen molar-refractivity contribution in [3.63, 3.8) is 0 Å². The van der Waals surface area contributed by atoms with Gasteiger partial charge in [-0.3, -0.25) is 4.79 Å². The highest BCUT2D eigenvalue weighted by Crippen LogP contribution is 2.13. The molecule has 0 atom stereocenters. The van der Waals surface area contributed by atoms with Gasteiger partial charge in [-0.2, -0.15) is 0 Å². The van der Waals surface area contributed by atoms with Crippen LogP contribution in [-0.2, 0) is 6.54 Å². The molecule has 0 aliphatic rings. The van der Waals surface area contributed by atoms with Crippen LogP contribution in [0.4, 0.5) is 0 Å². The van der Waals surface area contributed by atoms with E-state index in [0.29, 0.717) is 6.42 Å². The number of nitrogens with zero attached hydrogens (tertiary/aromatic N) is 1. The maximum Gasteiger partial charge on any atom is 0.162 e. The molecule has 0 N–H and O–H groups in total. The van der Waals surface area contributed by atoms with E-state index >= 15 is 0 Å². The number of rotatable bonds is 7. The lowest BCUT2D eigenvalue weighted by Gasteiger charge is -2.16. The Kier molecular flexibility index (Phi) is 6.15. The first-order valence-electron chi connectivity index (χ1n) is 7.16. The highest BCUT2D eigenvalue weighted by Gasteiger charge is 2.06. The Hall–Kier alpha value is -1.45. The van der Waals surface area contributed by atoms with Crippen LogP contribution in [0.15, 0.2) is 59.1 Å². The van der Waals surface area contributed by atoms with Gasteiger partial charge < -0.3 is 4.90 Å². The van der Waals surface area contributed by atoms with Crippen molar-refractivity contribution >= 4 is 21.7 Å². The second-order valence-corrected chi connectivity index (χ2v) is 6.18. The number of hydrogen-bond acceptors (Lipinski definition) is 2. The molecule has 21 heavy (non-hydrogen) atoms. The fourth-order valence-electron chi connectivity index (χ4n) is 2.30. The third kappa shape index (κ3) is 5.44. The molecule has 0 fully saturated rings. The van der Waals surface area contributed by atoms with Crippen LogP contribution in [0.5, 0.6) is 0 Å². The highest BCUT2D eigenvalue weighted by molar-refractivity contribution is 9.10. The Labute approximate surface area is 134 Å². The second-order valence-electron chi connectivity index (χ2n) is 5.26. The van der Waals surface area contributed by atoms with Gasteiger partial charge in [-0.25, -0.2) is 0 Å². The van der Waals surface area contributed by atoms with E-state index in [9.17, 15) is 4.79 Å². The molecule has 0 radical (unpaired) electrons. The maximum absolute atomic E-state index is 12.0. The average Bonchev–Trinajstić information content (AvgIpc) is 2.48. The fourth-order valence-corrected chi connectivity index (χ4v) is 2.75. The van der Waals surface area contributed by atoms with Crippen LogP contribution in [0.25, 0.3) is 0 Å². The summed E-state index contributed by atoms with van der Waals surface area (Å²) >= 11 is 3.49. The average molecular weight is 346 g/mol. The minimum atomic E-state index is 0.228. The number of Topliss-reactive ketones (excluding diaryl/α,β-unsaturated/α-hetero) is 1. The van der Waals surface area contributed by atoms with Crippen LogP contribution in [0.1, 0.15) is 28.8 Å². The molecule has 0 saturated carbocycles. The van der Waals surface area contributed by atoms with E-state index in [4.69, 9.17) is 0 Å². The molecule has 0 amide bonds. The van der Waals surface area contributed by atoms with E-state index < -0.39 is 0 Å². The molecule has 0 heterocycles. The summed E-state index contributed by atoms with van der Waals surface area (Å²) in [5, 5.41) is 0. The van der Waals surface area contributed by atoms with Crippen LogP contribution in [0.3, 0.4) is 0 Å². The standard InChI is InChI=1S/C18H20BrNO/c1-20(14-15-7-5-10-17(19)13-15)12-6-11-18(21)16-8-3-2-4-9-16/h2-5,7-10,13H,6,11-12,14H2,1H3. The Morgan fingerprint density at radius 2 is 1.86 bits per heavy atom. The summed E-state index contributed by atoms with van der Waals surface area (Å²) in [5.74, 6) is 0.228. The van der Waals surface area contributed by atoms with E-state index in [1.165, 1.54) is 5.56 Å². The molecule has 0 bridgehead atoms. The van der Waals surface area contributed by atoms with Crippen molar-refractivity contribution in [2.45, 2.75) is 19.4 Å². The Morgan fingerprint density at radius 1 is 1.10 bits per heavy atom. The molecule has 2 nitrogen and oxygen atoms in total. The summed E-state index contributed by atoms with van der Waals surface area (Å²) in [6.07, 6.45) is 1.49. The first-order chi connectivity index (χ1) is 10.1. The van der Waals surface area contributed by atoms with Crippen LogP contribution in [-0.4, -0.2) is 24.3 Å². The molecular formula is C18H20BrNO. The van der Waals surface area contributed by atoms with Crippen molar-refractivity contribution < 1.29 is 4.79 Å². The summed E-state index contributed by atoms with van der Waals surface area (Å²) in [6, 6.07) is 17.8. The zero-order chi connectivity index (χ0) is 15.1. The van der Waals surface area contributed by atoms with Crippen LogP contribution >= 0.6 is 15.9 Å². The molecule has 0 saturated heterocycles. The van der Waals surface area contributed by atoms with Gasteiger partial charge >= 0.3 is 0 Å². The van der Waals surface area contributed by atoms with Crippen LogP contribution < -0.4 is 0 Å². The van der Waals surface area contributed by atoms with Gasteiger partial charge in [0.1, 0.15) is 0 Å². The van der Waals surface area contributed by atoms with E-state index in [2.05, 4.69) is 40.0 Å². The minimum Gasteiger partial charge on any atom is -0.302 e. The van der Waals surface area contributed by atoms with Gasteiger partial charge in [-0.1, -0.05) is 58.4 Å². The predicted molar refractivity (Wildman–Crippen MR) is 90.5 cm³/mol. The zero-order valence-corrected chi connectivity index (χ0v) is 13.8. The lowest BCUT2D eigenvalue weighted by Crippen LogP contribution is -2.19. The molecule has 0 aromatic heterocycles. The molecule has 2 aromatic carbocycles. The molecule has 3 heteroatoms. The van der Waals surface area contributed by atoms with Crippen molar-refractivity contribution in [1.29, 1.82) is 0 Å². The minimum absolute atomic E-state index is 0.228. The Morgan fingerprint density at radius 3 is 2.57 bits per heavy atom. The first-order valence-corrected chi connectivity index (χ1v) is 7.95. The van der Waals surface area contributed by atoms with Crippen LogP contribution in [0, 0.1) is 0 Å². The molecule has 0 unspecified atom stereocenters. The number of carbonyl (C=O) groups is 1. The summed E-state index contributed by atoms with van der Waals surface area (Å²) < 4.78 is 1.10. The quantitative estimate of drug-likeness (QED) is 0.686. The predicted octanol–water partition coefficient (Wildman–Crippen LogP) is 4.54. The van der Waals surface area contributed by atoms with Gasteiger partial charge in [0.2, 0.25) is 0 Å². The molecule has 0 spiro atoms. The van der Waals surface area contributed by atoms with Crippen molar-refractivity contribution in [3.05, 3.63) is 70.2 Å². The van der Waals surface area contributed by atoms with Gasteiger partial charge in [0, 0.05) is 23.0 Å². The summed E-state index contributed by atoms with van der Waals surface area (Å²) in [6.45, 7) is 1.82. The third-order valence-electron chi connectivity index (χ3n) is 3.38. The summed E-state index contributed by atoms with van der Waals surface area (Å²) in [7, 11) is 2.09. The van der Waals surface area contributed by atoms with E-state index in [-0.39, 0.29) is 5.78 Å². The second kappa shape index (κ2) is 8.11. The lowest BCUT2D eigenvalue weighted by atomic mass is 10.1. The molecule has 0 aliphatic heterocycles. The summed E-state index contributed by atoms with van der Waals surface area (Å²) in [5.41, 5.74) is 2.09. The fraction of sp³-hybridized carbons (Fsp3) is 0.278. The number of halogens is 1. The number of hydrogen-bond donors (Lipinski definition) is 0. The monoisotopic (exact) mass is 345 g/mol. The van der Waals surface area contributed by atoms with E-state index in [1.54, 1.807) is 0 Å². The Balaban J connectivity index is 1.74. The van der Waals surface area contributed by atoms with Crippen molar-refractivity contribution in [3.8, 4) is 0 Å². The van der Waals surface area contributed by atoms with Gasteiger partial charge in [0.15, 0.2) is 5.78 Å². The largest absolute Gasteiger partial charge is 0.302 e. The van der Waals surface area contributed by atoms with Crippen molar-refractivity contribution in [1.82, 2.24) is 4.90 Å². The lowest BCUT2D eigenvalue weighted by molar-refractivity contribution is 0.0976. The first kappa shape index (κ1) is 15.9. The van der Waals surface area contributed by atoms with Gasteiger partial charge in [0.05, 0.1) is 0 Å². The summed E-state index contributed by atoms with van der Waals surface area (Å²) in [4.78, 5) is 14.3. The molecule has 0 aliphatic carbocycles. The van der Waals surface area contributed by atoms with Crippen molar-refractivity contribution in [2.75, 3.05) is 13.6 Å².